The molecule has 1 fully saturated rings. The summed E-state index contributed by atoms with van der Waals surface area (Å²) in [5.41, 5.74) is 3.99. The molecule has 0 spiro atoms. The van der Waals surface area contributed by atoms with E-state index in [9.17, 15) is 0 Å². The van der Waals surface area contributed by atoms with E-state index >= 15 is 0 Å². The van der Waals surface area contributed by atoms with Crippen molar-refractivity contribution in [2.45, 2.75) is 25.7 Å². The third kappa shape index (κ3) is 4.06. The van der Waals surface area contributed by atoms with E-state index in [0.29, 0.717) is 11.6 Å². The van der Waals surface area contributed by atoms with Crippen molar-refractivity contribution in [1.29, 1.82) is 0 Å². The van der Waals surface area contributed by atoms with Crippen LogP contribution in [0.4, 0.5) is 5.82 Å². The average Bonchev–Trinajstić information content (AvgIpc) is 2.84. The van der Waals surface area contributed by atoms with Gasteiger partial charge in [0.2, 0.25) is 0 Å². The van der Waals surface area contributed by atoms with Gasteiger partial charge in [-0.05, 0) is 37.0 Å². The molecule has 0 atom stereocenters. The van der Waals surface area contributed by atoms with Crippen LogP contribution in [0.2, 0.25) is 0 Å². The Bertz CT molecular complexity index is 1190. The number of pyridine rings is 2. The lowest BCUT2D eigenvalue weighted by Gasteiger charge is -2.29. The molecular formula is C25H25N5O. The van der Waals surface area contributed by atoms with E-state index in [-0.39, 0.29) is 0 Å². The van der Waals surface area contributed by atoms with E-state index in [1.165, 1.54) is 24.8 Å². The number of aromatic nitrogens is 4. The van der Waals surface area contributed by atoms with Gasteiger partial charge in [0, 0.05) is 37.0 Å². The van der Waals surface area contributed by atoms with Crippen LogP contribution in [-0.4, -0.2) is 40.1 Å². The van der Waals surface area contributed by atoms with Crippen LogP contribution in [-0.2, 0) is 6.42 Å². The lowest BCUT2D eigenvalue weighted by molar-refractivity contribution is 0.417. The minimum absolute atomic E-state index is 0.694. The summed E-state index contributed by atoms with van der Waals surface area (Å²) in [5.74, 6) is 2.34. The van der Waals surface area contributed by atoms with Gasteiger partial charge < -0.3 is 9.64 Å². The van der Waals surface area contributed by atoms with Crippen molar-refractivity contribution in [3.05, 3.63) is 72.3 Å². The normalized spacial score (nSPS) is 14.0. The fourth-order valence-corrected chi connectivity index (χ4v) is 4.17. The molecule has 1 saturated heterocycles. The van der Waals surface area contributed by atoms with Gasteiger partial charge in [0.25, 0.3) is 0 Å². The number of piperidine rings is 1. The smallest absolute Gasteiger partial charge is 0.162 e. The minimum atomic E-state index is 0.694. The molecule has 4 heterocycles. The molecule has 0 aliphatic carbocycles. The molecule has 31 heavy (non-hydrogen) atoms. The van der Waals surface area contributed by atoms with Crippen molar-refractivity contribution in [3.63, 3.8) is 0 Å². The molecule has 6 heteroatoms. The maximum atomic E-state index is 5.61. The Morgan fingerprint density at radius 2 is 1.81 bits per heavy atom. The summed E-state index contributed by atoms with van der Waals surface area (Å²) in [6.07, 6.45) is 9.75. The van der Waals surface area contributed by atoms with E-state index in [0.717, 1.165) is 47.5 Å². The van der Waals surface area contributed by atoms with Crippen molar-refractivity contribution >= 4 is 16.7 Å². The van der Waals surface area contributed by atoms with Gasteiger partial charge in [-0.2, -0.15) is 0 Å². The highest BCUT2D eigenvalue weighted by atomic mass is 16.5. The van der Waals surface area contributed by atoms with Crippen molar-refractivity contribution in [1.82, 2.24) is 19.9 Å². The van der Waals surface area contributed by atoms with Crippen LogP contribution in [0.1, 0.15) is 30.5 Å². The molecular weight excluding hydrogens is 386 g/mol. The van der Waals surface area contributed by atoms with Gasteiger partial charge in [-0.3, -0.25) is 9.97 Å². The van der Waals surface area contributed by atoms with Gasteiger partial charge in [0.05, 0.1) is 30.4 Å². The number of anilines is 1. The van der Waals surface area contributed by atoms with Crippen LogP contribution in [0.5, 0.6) is 5.75 Å². The third-order valence-electron chi connectivity index (χ3n) is 5.73. The maximum Gasteiger partial charge on any atom is 0.162 e. The lowest BCUT2D eigenvalue weighted by Crippen LogP contribution is -2.30. The Morgan fingerprint density at radius 1 is 0.968 bits per heavy atom. The molecule has 0 radical (unpaired) electrons. The Kier molecular flexibility index (Phi) is 5.44. The highest BCUT2D eigenvalue weighted by molar-refractivity contribution is 5.95. The van der Waals surface area contributed by atoms with Crippen LogP contribution in [0.3, 0.4) is 0 Å². The standard InChI is InChI=1S/C25H25N5O/c1-31-22-17-26-16-21-23(22)25(30-12-6-3-7-13-30)29-24(28-21)19-10-11-27-20(15-19)14-18-8-4-2-5-9-18/h2,4-5,8-11,15-17H,3,6-7,12-14H2,1H3. The quantitative estimate of drug-likeness (QED) is 0.475. The van der Waals surface area contributed by atoms with Crippen LogP contribution in [0.25, 0.3) is 22.3 Å². The predicted octanol–water partition coefficient (Wildman–Crippen LogP) is 4.68. The fraction of sp³-hybridized carbons (Fsp3) is 0.280. The summed E-state index contributed by atoms with van der Waals surface area (Å²) in [6, 6.07) is 14.4. The molecule has 156 valence electrons. The van der Waals surface area contributed by atoms with Gasteiger partial charge in [0.15, 0.2) is 5.82 Å². The third-order valence-corrected chi connectivity index (χ3v) is 5.73. The van der Waals surface area contributed by atoms with E-state index in [2.05, 4.69) is 45.2 Å². The maximum absolute atomic E-state index is 5.61. The van der Waals surface area contributed by atoms with Gasteiger partial charge in [0.1, 0.15) is 11.6 Å². The summed E-state index contributed by atoms with van der Waals surface area (Å²) >= 11 is 0. The Balaban J connectivity index is 1.59. The Labute approximate surface area is 182 Å². The topological polar surface area (TPSA) is 64.0 Å². The summed E-state index contributed by atoms with van der Waals surface area (Å²) in [5, 5.41) is 0.932. The summed E-state index contributed by atoms with van der Waals surface area (Å²) in [7, 11) is 1.67. The molecule has 0 amide bonds. The van der Waals surface area contributed by atoms with Gasteiger partial charge >= 0.3 is 0 Å². The van der Waals surface area contributed by atoms with Crippen LogP contribution >= 0.6 is 0 Å². The van der Waals surface area contributed by atoms with Gasteiger partial charge in [-0.1, -0.05) is 30.3 Å². The highest BCUT2D eigenvalue weighted by Gasteiger charge is 2.20. The molecule has 5 rings (SSSR count). The SMILES string of the molecule is COc1cncc2nc(-c3ccnc(Cc4ccccc4)c3)nc(N3CCCCC3)c12. The summed E-state index contributed by atoms with van der Waals surface area (Å²) < 4.78 is 5.61. The number of benzene rings is 1. The molecule has 0 N–H and O–H groups in total. The zero-order valence-electron chi connectivity index (χ0n) is 17.7. The first kappa shape index (κ1) is 19.4. The number of nitrogens with zero attached hydrogens (tertiary/aromatic N) is 5. The first-order valence-electron chi connectivity index (χ1n) is 10.8. The predicted molar refractivity (Wildman–Crippen MR) is 122 cm³/mol. The van der Waals surface area contributed by atoms with Crippen molar-refractivity contribution in [2.75, 3.05) is 25.1 Å². The van der Waals surface area contributed by atoms with E-state index in [4.69, 9.17) is 14.7 Å². The molecule has 1 aliphatic heterocycles. The number of hydrogen-bond acceptors (Lipinski definition) is 6. The van der Waals surface area contributed by atoms with Gasteiger partial charge in [-0.15, -0.1) is 0 Å². The number of ether oxygens (including phenoxy) is 1. The monoisotopic (exact) mass is 411 g/mol. The number of methoxy groups -OCH3 is 1. The molecule has 0 unspecified atom stereocenters. The van der Waals surface area contributed by atoms with Crippen molar-refractivity contribution in [2.24, 2.45) is 0 Å². The van der Waals surface area contributed by atoms with Crippen LogP contribution in [0.15, 0.2) is 61.1 Å². The second-order valence-electron chi connectivity index (χ2n) is 7.85. The first-order chi connectivity index (χ1) is 15.3. The van der Waals surface area contributed by atoms with E-state index in [1.54, 1.807) is 19.5 Å². The number of rotatable bonds is 5. The Morgan fingerprint density at radius 3 is 2.61 bits per heavy atom. The van der Waals surface area contributed by atoms with Crippen LogP contribution in [0, 0.1) is 0 Å². The highest BCUT2D eigenvalue weighted by Crippen LogP contribution is 2.34. The minimum Gasteiger partial charge on any atom is -0.494 e. The summed E-state index contributed by atoms with van der Waals surface area (Å²) in [6.45, 7) is 1.99. The average molecular weight is 412 g/mol. The second-order valence-corrected chi connectivity index (χ2v) is 7.85. The van der Waals surface area contributed by atoms with E-state index in [1.807, 2.05) is 18.3 Å². The number of hydrogen-bond donors (Lipinski definition) is 0. The molecule has 0 bridgehead atoms. The molecule has 3 aromatic heterocycles. The fourth-order valence-electron chi connectivity index (χ4n) is 4.17. The van der Waals surface area contributed by atoms with E-state index < -0.39 is 0 Å². The van der Waals surface area contributed by atoms with Crippen molar-refractivity contribution in [3.8, 4) is 17.1 Å². The second kappa shape index (κ2) is 8.68. The van der Waals surface area contributed by atoms with Crippen molar-refractivity contribution < 1.29 is 4.74 Å². The first-order valence-corrected chi connectivity index (χ1v) is 10.8. The molecule has 0 saturated carbocycles. The lowest BCUT2D eigenvalue weighted by atomic mass is 10.1. The molecule has 6 nitrogen and oxygen atoms in total. The molecule has 1 aliphatic rings. The Hall–Kier alpha value is -3.54. The molecule has 4 aromatic rings. The van der Waals surface area contributed by atoms with Crippen LogP contribution < -0.4 is 9.64 Å². The van der Waals surface area contributed by atoms with Gasteiger partial charge in [-0.25, -0.2) is 9.97 Å². The molecule has 1 aromatic carbocycles. The zero-order chi connectivity index (χ0) is 21.0. The summed E-state index contributed by atoms with van der Waals surface area (Å²) in [4.78, 5) is 21.1. The number of fused-ring (bicyclic) bond motifs is 1. The zero-order valence-corrected chi connectivity index (χ0v) is 17.7. The largest absolute Gasteiger partial charge is 0.494 e.